The molecule has 20 heavy (non-hydrogen) atoms. The number of hydrogen-bond acceptors (Lipinski definition) is 4. The smallest absolute Gasteiger partial charge is 0.169 e. The number of ether oxygens (including phenoxy) is 1. The van der Waals surface area contributed by atoms with Crippen molar-refractivity contribution < 1.29 is 4.74 Å². The van der Waals surface area contributed by atoms with Gasteiger partial charge in [-0.2, -0.15) is 0 Å². The first-order valence-electron chi connectivity index (χ1n) is 6.14. The van der Waals surface area contributed by atoms with Crippen LogP contribution in [-0.2, 0) is 0 Å². The summed E-state index contributed by atoms with van der Waals surface area (Å²) in [5.41, 5.74) is 2.29. The number of aromatic nitrogens is 4. The number of fused-ring (bicyclic) bond motifs is 1. The molecule has 2 heterocycles. The Hall–Kier alpha value is -2.14. The van der Waals surface area contributed by atoms with Gasteiger partial charge in [0.15, 0.2) is 10.8 Å². The maximum atomic E-state index is 6.14. The Morgan fingerprint density at radius 2 is 1.75 bits per heavy atom. The molecule has 0 aliphatic rings. The van der Waals surface area contributed by atoms with Crippen LogP contribution >= 0.6 is 11.6 Å². The van der Waals surface area contributed by atoms with Crippen LogP contribution in [0.5, 0.6) is 5.75 Å². The standard InChI is InChI=1S/C14H13ClN4O/c1-8-16-13(15)12-14(17-8)19(9(2)18-12)10-4-6-11(20-3)7-5-10/h4-7H,1-3H3. The highest BCUT2D eigenvalue weighted by Crippen LogP contribution is 2.25. The number of aryl methyl sites for hydroxylation is 2. The number of hydrogen-bond donors (Lipinski definition) is 0. The minimum absolute atomic E-state index is 0.378. The van der Waals surface area contributed by atoms with Crippen LogP contribution in [0.3, 0.4) is 0 Å². The number of methoxy groups -OCH3 is 1. The first-order chi connectivity index (χ1) is 9.60. The Bertz CT molecular complexity index is 780. The predicted octanol–water partition coefficient (Wildman–Crippen LogP) is 3.09. The molecule has 0 atom stereocenters. The van der Waals surface area contributed by atoms with Gasteiger partial charge in [-0.3, -0.25) is 4.57 Å². The fourth-order valence-corrected chi connectivity index (χ4v) is 2.43. The van der Waals surface area contributed by atoms with Gasteiger partial charge in [-0.15, -0.1) is 0 Å². The lowest BCUT2D eigenvalue weighted by atomic mass is 10.3. The van der Waals surface area contributed by atoms with E-state index in [1.165, 1.54) is 0 Å². The first kappa shape index (κ1) is 12.9. The van der Waals surface area contributed by atoms with Crippen molar-refractivity contribution in [2.45, 2.75) is 13.8 Å². The highest BCUT2D eigenvalue weighted by Gasteiger charge is 2.14. The van der Waals surface area contributed by atoms with E-state index in [2.05, 4.69) is 15.0 Å². The zero-order valence-electron chi connectivity index (χ0n) is 11.4. The van der Waals surface area contributed by atoms with Crippen LogP contribution in [0.25, 0.3) is 16.9 Å². The fraction of sp³-hybridized carbons (Fsp3) is 0.214. The number of imidazole rings is 1. The van der Waals surface area contributed by atoms with Gasteiger partial charge >= 0.3 is 0 Å². The molecule has 0 amide bonds. The summed E-state index contributed by atoms with van der Waals surface area (Å²) in [4.78, 5) is 13.0. The third-order valence-corrected chi connectivity index (χ3v) is 3.34. The van der Waals surface area contributed by atoms with Crippen LogP contribution in [0.15, 0.2) is 24.3 Å². The third kappa shape index (κ3) is 2.00. The lowest BCUT2D eigenvalue weighted by Crippen LogP contribution is -1.99. The molecule has 102 valence electrons. The fourth-order valence-electron chi connectivity index (χ4n) is 2.18. The van der Waals surface area contributed by atoms with Gasteiger partial charge in [-0.05, 0) is 38.1 Å². The van der Waals surface area contributed by atoms with Crippen molar-refractivity contribution in [3.05, 3.63) is 41.1 Å². The summed E-state index contributed by atoms with van der Waals surface area (Å²) in [5.74, 6) is 2.24. The van der Waals surface area contributed by atoms with Gasteiger partial charge in [0.2, 0.25) is 0 Å². The SMILES string of the molecule is COc1ccc(-n2c(C)nc3c(Cl)nc(C)nc32)cc1. The average molecular weight is 289 g/mol. The van der Waals surface area contributed by atoms with E-state index in [1.54, 1.807) is 7.11 Å². The lowest BCUT2D eigenvalue weighted by Gasteiger charge is -2.07. The van der Waals surface area contributed by atoms with Crippen LogP contribution in [0.4, 0.5) is 0 Å². The van der Waals surface area contributed by atoms with Gasteiger partial charge in [0.1, 0.15) is 22.9 Å². The van der Waals surface area contributed by atoms with Gasteiger partial charge in [-0.1, -0.05) is 11.6 Å². The van der Waals surface area contributed by atoms with Crippen LogP contribution in [0, 0.1) is 13.8 Å². The highest BCUT2D eigenvalue weighted by molar-refractivity contribution is 6.33. The molecule has 5 nitrogen and oxygen atoms in total. The lowest BCUT2D eigenvalue weighted by molar-refractivity contribution is 0.414. The molecule has 0 saturated heterocycles. The third-order valence-electron chi connectivity index (χ3n) is 3.07. The number of halogens is 1. The summed E-state index contributed by atoms with van der Waals surface area (Å²) in [5, 5.41) is 0.378. The molecule has 6 heteroatoms. The summed E-state index contributed by atoms with van der Waals surface area (Å²) in [6, 6.07) is 7.71. The van der Waals surface area contributed by atoms with Crippen LogP contribution in [0.1, 0.15) is 11.6 Å². The van der Waals surface area contributed by atoms with Crippen molar-refractivity contribution in [3.8, 4) is 11.4 Å². The molecule has 1 aromatic carbocycles. The van der Waals surface area contributed by atoms with E-state index in [0.717, 1.165) is 17.3 Å². The second-order valence-electron chi connectivity index (χ2n) is 4.43. The van der Waals surface area contributed by atoms with E-state index >= 15 is 0 Å². The number of benzene rings is 1. The summed E-state index contributed by atoms with van der Waals surface area (Å²) in [7, 11) is 1.64. The van der Waals surface area contributed by atoms with Gasteiger partial charge in [0.25, 0.3) is 0 Å². The topological polar surface area (TPSA) is 52.8 Å². The molecule has 0 aliphatic heterocycles. The van der Waals surface area contributed by atoms with Crippen LogP contribution in [-0.4, -0.2) is 26.6 Å². The summed E-state index contributed by atoms with van der Waals surface area (Å²) in [6.45, 7) is 3.73. The van der Waals surface area contributed by atoms with E-state index in [-0.39, 0.29) is 0 Å². The Kier molecular flexibility index (Phi) is 3.06. The quantitative estimate of drug-likeness (QED) is 0.680. The first-order valence-corrected chi connectivity index (χ1v) is 6.51. The average Bonchev–Trinajstić information content (AvgIpc) is 2.76. The Morgan fingerprint density at radius 1 is 1.05 bits per heavy atom. The molecular weight excluding hydrogens is 276 g/mol. The Labute approximate surface area is 121 Å². The zero-order valence-corrected chi connectivity index (χ0v) is 12.1. The van der Waals surface area contributed by atoms with Crippen molar-refractivity contribution in [1.82, 2.24) is 19.5 Å². The molecule has 0 saturated carbocycles. The number of nitrogens with zero attached hydrogens (tertiary/aromatic N) is 4. The monoisotopic (exact) mass is 288 g/mol. The molecule has 0 unspecified atom stereocenters. The molecular formula is C14H13ClN4O. The minimum Gasteiger partial charge on any atom is -0.497 e. The van der Waals surface area contributed by atoms with Crippen molar-refractivity contribution in [3.63, 3.8) is 0 Å². The molecule has 0 spiro atoms. The largest absolute Gasteiger partial charge is 0.497 e. The van der Waals surface area contributed by atoms with E-state index in [1.807, 2.05) is 42.7 Å². The van der Waals surface area contributed by atoms with E-state index < -0.39 is 0 Å². The minimum atomic E-state index is 0.378. The van der Waals surface area contributed by atoms with Gasteiger partial charge in [-0.25, -0.2) is 15.0 Å². The molecule has 3 rings (SSSR count). The molecule has 3 aromatic rings. The molecule has 0 bridgehead atoms. The molecule has 0 fully saturated rings. The number of rotatable bonds is 2. The molecule has 0 aliphatic carbocycles. The predicted molar refractivity (Wildman–Crippen MR) is 77.7 cm³/mol. The second kappa shape index (κ2) is 4.76. The molecule has 0 N–H and O–H groups in total. The van der Waals surface area contributed by atoms with E-state index in [4.69, 9.17) is 16.3 Å². The maximum absolute atomic E-state index is 6.14. The van der Waals surface area contributed by atoms with E-state index in [0.29, 0.717) is 22.1 Å². The zero-order chi connectivity index (χ0) is 14.3. The maximum Gasteiger partial charge on any atom is 0.169 e. The van der Waals surface area contributed by atoms with Crippen molar-refractivity contribution in [1.29, 1.82) is 0 Å². The van der Waals surface area contributed by atoms with Crippen molar-refractivity contribution in [2.24, 2.45) is 0 Å². The summed E-state index contributed by atoms with van der Waals surface area (Å²) < 4.78 is 7.12. The van der Waals surface area contributed by atoms with Crippen molar-refractivity contribution in [2.75, 3.05) is 7.11 Å². The molecule has 2 aromatic heterocycles. The van der Waals surface area contributed by atoms with Gasteiger partial charge in [0, 0.05) is 5.69 Å². The summed E-state index contributed by atoms with van der Waals surface area (Å²) >= 11 is 6.14. The van der Waals surface area contributed by atoms with Gasteiger partial charge < -0.3 is 4.74 Å². The Balaban J connectivity index is 2.26. The van der Waals surface area contributed by atoms with Crippen LogP contribution < -0.4 is 4.74 Å². The Morgan fingerprint density at radius 3 is 2.40 bits per heavy atom. The normalized spacial score (nSPS) is 11.0. The highest BCUT2D eigenvalue weighted by atomic mass is 35.5. The van der Waals surface area contributed by atoms with Crippen molar-refractivity contribution >= 4 is 22.8 Å². The second-order valence-corrected chi connectivity index (χ2v) is 4.78. The van der Waals surface area contributed by atoms with Gasteiger partial charge in [0.05, 0.1) is 7.11 Å². The molecule has 0 radical (unpaired) electrons. The van der Waals surface area contributed by atoms with Crippen LogP contribution in [0.2, 0.25) is 5.15 Å². The van der Waals surface area contributed by atoms with E-state index in [9.17, 15) is 0 Å². The summed E-state index contributed by atoms with van der Waals surface area (Å²) in [6.07, 6.45) is 0.